The number of hydrogen-bond acceptors (Lipinski definition) is 7. The van der Waals surface area contributed by atoms with Crippen molar-refractivity contribution >= 4 is 23.2 Å². The Balaban J connectivity index is 1.41. The summed E-state index contributed by atoms with van der Waals surface area (Å²) in [6, 6.07) is 17.3. The standard InChI is InChI=1S/C19H13N5O3/c20-10-12-1-4-14(5-2-12)21-17-7-8-18(24-23-17)22-19(25)13-3-6-15-16(9-13)27-11-26-15/h1-9H,11H2,(H,21,23)(H,22,24,25). The Labute approximate surface area is 154 Å². The topological polar surface area (TPSA) is 109 Å². The van der Waals surface area contributed by atoms with Crippen LogP contribution >= 0.6 is 0 Å². The Kier molecular flexibility index (Phi) is 4.25. The molecular weight excluding hydrogens is 346 g/mol. The lowest BCUT2D eigenvalue weighted by molar-refractivity contribution is 0.102. The monoisotopic (exact) mass is 359 g/mol. The van der Waals surface area contributed by atoms with Gasteiger partial charge in [-0.25, -0.2) is 0 Å². The number of nitrogens with zero attached hydrogens (tertiary/aromatic N) is 3. The maximum absolute atomic E-state index is 12.3. The molecule has 2 aromatic carbocycles. The van der Waals surface area contributed by atoms with E-state index in [4.69, 9.17) is 14.7 Å². The van der Waals surface area contributed by atoms with Crippen LogP contribution in [0.5, 0.6) is 11.5 Å². The Bertz CT molecular complexity index is 1030. The van der Waals surface area contributed by atoms with Crippen LogP contribution in [0.1, 0.15) is 15.9 Å². The molecule has 0 atom stereocenters. The first-order valence-corrected chi connectivity index (χ1v) is 8.03. The lowest BCUT2D eigenvalue weighted by atomic mass is 10.2. The van der Waals surface area contributed by atoms with Gasteiger partial charge in [-0.2, -0.15) is 5.26 Å². The Hall–Kier alpha value is -4.12. The molecule has 0 bridgehead atoms. The highest BCUT2D eigenvalue weighted by molar-refractivity contribution is 6.04. The second-order valence-corrected chi connectivity index (χ2v) is 5.64. The molecule has 1 aliphatic rings. The number of aromatic nitrogens is 2. The molecule has 2 heterocycles. The number of hydrogen-bond donors (Lipinski definition) is 2. The molecule has 1 amide bonds. The van der Waals surface area contributed by atoms with Crippen LogP contribution in [0.15, 0.2) is 54.6 Å². The third kappa shape index (κ3) is 3.62. The molecule has 1 aliphatic heterocycles. The van der Waals surface area contributed by atoms with Gasteiger partial charge in [0.25, 0.3) is 5.91 Å². The molecule has 4 rings (SSSR count). The minimum absolute atomic E-state index is 0.152. The number of rotatable bonds is 4. The van der Waals surface area contributed by atoms with Crippen LogP contribution < -0.4 is 20.1 Å². The van der Waals surface area contributed by atoms with Crippen molar-refractivity contribution in [1.82, 2.24) is 10.2 Å². The van der Waals surface area contributed by atoms with Crippen LogP contribution in [-0.2, 0) is 0 Å². The van der Waals surface area contributed by atoms with Crippen LogP contribution in [0.3, 0.4) is 0 Å². The zero-order valence-corrected chi connectivity index (χ0v) is 14.0. The predicted octanol–water partition coefficient (Wildman–Crippen LogP) is 3.07. The summed E-state index contributed by atoms with van der Waals surface area (Å²) in [5.74, 6) is 1.67. The molecule has 1 aromatic heterocycles. The van der Waals surface area contributed by atoms with Gasteiger partial charge in [-0.3, -0.25) is 4.79 Å². The molecule has 27 heavy (non-hydrogen) atoms. The largest absolute Gasteiger partial charge is 0.454 e. The molecule has 8 nitrogen and oxygen atoms in total. The number of amides is 1. The summed E-state index contributed by atoms with van der Waals surface area (Å²) in [6.07, 6.45) is 0. The van der Waals surface area contributed by atoms with Crippen molar-refractivity contribution in [1.29, 1.82) is 5.26 Å². The number of anilines is 3. The van der Waals surface area contributed by atoms with E-state index in [0.717, 1.165) is 5.69 Å². The highest BCUT2D eigenvalue weighted by Gasteiger charge is 2.16. The van der Waals surface area contributed by atoms with E-state index >= 15 is 0 Å². The van der Waals surface area contributed by atoms with Crippen LogP contribution in [0.4, 0.5) is 17.3 Å². The van der Waals surface area contributed by atoms with Crippen LogP contribution in [-0.4, -0.2) is 22.9 Å². The fourth-order valence-corrected chi connectivity index (χ4v) is 2.47. The van der Waals surface area contributed by atoms with E-state index in [9.17, 15) is 4.79 Å². The van der Waals surface area contributed by atoms with Gasteiger partial charge in [0.15, 0.2) is 23.1 Å². The van der Waals surface area contributed by atoms with Gasteiger partial charge in [-0.1, -0.05) is 0 Å². The fourth-order valence-electron chi connectivity index (χ4n) is 2.47. The van der Waals surface area contributed by atoms with E-state index in [1.54, 1.807) is 54.6 Å². The maximum atomic E-state index is 12.3. The minimum Gasteiger partial charge on any atom is -0.454 e. The van der Waals surface area contributed by atoms with Crippen LogP contribution in [0, 0.1) is 11.3 Å². The van der Waals surface area contributed by atoms with Crippen molar-refractivity contribution in [2.45, 2.75) is 0 Å². The molecule has 0 aliphatic carbocycles. The first-order chi connectivity index (χ1) is 13.2. The predicted molar refractivity (Wildman–Crippen MR) is 97.0 cm³/mol. The van der Waals surface area contributed by atoms with E-state index in [-0.39, 0.29) is 12.7 Å². The smallest absolute Gasteiger partial charge is 0.257 e. The zero-order valence-electron chi connectivity index (χ0n) is 14.0. The van der Waals surface area contributed by atoms with E-state index in [1.165, 1.54) is 0 Å². The third-order valence-electron chi connectivity index (χ3n) is 3.83. The molecule has 3 aromatic rings. The number of nitrogens with one attached hydrogen (secondary N) is 2. The van der Waals surface area contributed by atoms with Crippen LogP contribution in [0.2, 0.25) is 0 Å². The fraction of sp³-hybridized carbons (Fsp3) is 0.0526. The summed E-state index contributed by atoms with van der Waals surface area (Å²) in [4.78, 5) is 12.3. The van der Waals surface area contributed by atoms with Crippen molar-refractivity contribution < 1.29 is 14.3 Å². The number of ether oxygens (including phenoxy) is 2. The molecular formula is C19H13N5O3. The van der Waals surface area contributed by atoms with Crippen molar-refractivity contribution in [2.24, 2.45) is 0 Å². The van der Waals surface area contributed by atoms with E-state index in [0.29, 0.717) is 34.3 Å². The molecule has 0 saturated heterocycles. The Morgan fingerprint density at radius 3 is 2.44 bits per heavy atom. The SMILES string of the molecule is N#Cc1ccc(Nc2ccc(NC(=O)c3ccc4c(c3)OCO4)nn2)cc1. The number of carbonyl (C=O) groups is 1. The molecule has 0 radical (unpaired) electrons. The van der Waals surface area contributed by atoms with Gasteiger partial charge in [0, 0.05) is 11.3 Å². The number of fused-ring (bicyclic) bond motifs is 1. The summed E-state index contributed by atoms with van der Waals surface area (Å²) >= 11 is 0. The summed E-state index contributed by atoms with van der Waals surface area (Å²) < 4.78 is 10.5. The minimum atomic E-state index is -0.324. The molecule has 8 heteroatoms. The first kappa shape index (κ1) is 16.4. The van der Waals surface area contributed by atoms with Gasteiger partial charge in [0.1, 0.15) is 0 Å². The molecule has 2 N–H and O–H groups in total. The van der Waals surface area contributed by atoms with Crippen molar-refractivity contribution in [3.8, 4) is 17.6 Å². The van der Waals surface area contributed by atoms with Gasteiger partial charge in [0.2, 0.25) is 6.79 Å². The Morgan fingerprint density at radius 2 is 1.70 bits per heavy atom. The van der Waals surface area contributed by atoms with E-state index in [1.807, 2.05) is 0 Å². The van der Waals surface area contributed by atoms with Gasteiger partial charge in [-0.15, -0.1) is 10.2 Å². The van der Waals surface area contributed by atoms with Gasteiger partial charge in [-0.05, 0) is 54.6 Å². The summed E-state index contributed by atoms with van der Waals surface area (Å²) in [6.45, 7) is 0.152. The third-order valence-corrected chi connectivity index (χ3v) is 3.83. The van der Waals surface area contributed by atoms with Crippen molar-refractivity contribution in [3.63, 3.8) is 0 Å². The van der Waals surface area contributed by atoms with Crippen molar-refractivity contribution in [3.05, 3.63) is 65.7 Å². The molecule has 0 saturated carbocycles. The number of benzene rings is 2. The second kappa shape index (κ2) is 7.01. The average molecular weight is 359 g/mol. The first-order valence-electron chi connectivity index (χ1n) is 8.03. The van der Waals surface area contributed by atoms with Crippen LogP contribution in [0.25, 0.3) is 0 Å². The highest BCUT2D eigenvalue weighted by Crippen LogP contribution is 2.32. The Morgan fingerprint density at radius 1 is 0.963 bits per heavy atom. The average Bonchev–Trinajstić information content (AvgIpc) is 3.18. The van der Waals surface area contributed by atoms with E-state index in [2.05, 4.69) is 26.9 Å². The maximum Gasteiger partial charge on any atom is 0.257 e. The molecule has 0 unspecified atom stereocenters. The lowest BCUT2D eigenvalue weighted by Gasteiger charge is -2.07. The lowest BCUT2D eigenvalue weighted by Crippen LogP contribution is -2.13. The number of nitriles is 1. The van der Waals surface area contributed by atoms with E-state index < -0.39 is 0 Å². The molecule has 0 spiro atoms. The second-order valence-electron chi connectivity index (χ2n) is 5.64. The van der Waals surface area contributed by atoms with Gasteiger partial charge >= 0.3 is 0 Å². The highest BCUT2D eigenvalue weighted by atomic mass is 16.7. The molecule has 0 fully saturated rings. The normalized spacial score (nSPS) is 11.5. The zero-order chi connectivity index (χ0) is 18.6. The van der Waals surface area contributed by atoms with Gasteiger partial charge in [0.05, 0.1) is 11.6 Å². The number of carbonyl (C=O) groups excluding carboxylic acids is 1. The molecule has 132 valence electrons. The van der Waals surface area contributed by atoms with Gasteiger partial charge < -0.3 is 20.1 Å². The summed E-state index contributed by atoms with van der Waals surface area (Å²) in [7, 11) is 0. The summed E-state index contributed by atoms with van der Waals surface area (Å²) in [5, 5.41) is 22.6. The van der Waals surface area contributed by atoms with Crippen molar-refractivity contribution in [2.75, 3.05) is 17.4 Å². The summed E-state index contributed by atoms with van der Waals surface area (Å²) in [5.41, 5.74) is 1.79. The quantitative estimate of drug-likeness (QED) is 0.737.